The van der Waals surface area contributed by atoms with Gasteiger partial charge in [-0.15, -0.1) is 0 Å². The van der Waals surface area contributed by atoms with E-state index in [4.69, 9.17) is 5.11 Å². The van der Waals surface area contributed by atoms with Crippen LogP contribution in [0.4, 0.5) is 0 Å². The molecule has 0 unspecified atom stereocenters. The lowest BCUT2D eigenvalue weighted by atomic mass is 10.4. The number of amides is 1. The van der Waals surface area contributed by atoms with Gasteiger partial charge in [0.2, 0.25) is 5.91 Å². The van der Waals surface area contributed by atoms with Crippen LogP contribution in [0.5, 0.6) is 0 Å². The van der Waals surface area contributed by atoms with Gasteiger partial charge in [0, 0.05) is 19.2 Å². The van der Waals surface area contributed by atoms with Gasteiger partial charge in [0.25, 0.3) is 0 Å². The molecule has 15 heavy (non-hydrogen) atoms. The van der Waals surface area contributed by atoms with Gasteiger partial charge >= 0.3 is 5.97 Å². The molecule has 1 aromatic heterocycles. The zero-order chi connectivity index (χ0) is 11.3. The molecule has 1 heterocycles. The summed E-state index contributed by atoms with van der Waals surface area (Å²) in [7, 11) is 0. The Morgan fingerprint density at radius 1 is 1.60 bits per heavy atom. The molecule has 1 amide bonds. The molecule has 0 bridgehead atoms. The topological polar surface area (TPSA) is 84.2 Å². The molecular weight excluding hydrogens is 198 g/mol. The fourth-order valence-corrected chi connectivity index (χ4v) is 1.07. The summed E-state index contributed by atoms with van der Waals surface area (Å²) in [6.07, 6.45) is 3.76. The lowest BCUT2D eigenvalue weighted by Crippen LogP contribution is -2.29. The maximum atomic E-state index is 11.1. The van der Waals surface area contributed by atoms with Gasteiger partial charge in [0.05, 0.1) is 6.20 Å². The van der Waals surface area contributed by atoms with E-state index in [1.807, 2.05) is 13.1 Å². The predicted octanol–water partition coefficient (Wildman–Crippen LogP) is -0.218. The van der Waals surface area contributed by atoms with Gasteiger partial charge in [-0.2, -0.15) is 5.10 Å². The van der Waals surface area contributed by atoms with Gasteiger partial charge in [0.1, 0.15) is 6.54 Å². The number of aromatic nitrogens is 2. The normalized spacial score (nSPS) is 9.93. The van der Waals surface area contributed by atoms with Crippen LogP contribution in [0.1, 0.15) is 12.0 Å². The maximum Gasteiger partial charge on any atom is 0.322 e. The van der Waals surface area contributed by atoms with Crippen LogP contribution in [0.15, 0.2) is 12.4 Å². The fourth-order valence-electron chi connectivity index (χ4n) is 1.07. The largest absolute Gasteiger partial charge is 0.480 e. The van der Waals surface area contributed by atoms with E-state index in [-0.39, 0.29) is 18.9 Å². The van der Waals surface area contributed by atoms with Crippen LogP contribution in [0.25, 0.3) is 0 Å². The second-order valence-corrected chi connectivity index (χ2v) is 3.20. The van der Waals surface area contributed by atoms with Crippen molar-refractivity contribution < 1.29 is 14.7 Å². The van der Waals surface area contributed by atoms with Crippen LogP contribution < -0.4 is 5.32 Å². The predicted molar refractivity (Wildman–Crippen MR) is 52.2 cm³/mol. The number of nitrogens with zero attached hydrogens (tertiary/aromatic N) is 2. The highest BCUT2D eigenvalue weighted by atomic mass is 16.4. The molecule has 6 heteroatoms. The smallest absolute Gasteiger partial charge is 0.322 e. The number of carbonyl (C=O) groups is 2. The quantitative estimate of drug-likeness (QED) is 0.705. The summed E-state index contributed by atoms with van der Waals surface area (Å²) in [6, 6.07) is 0. The first-order valence-corrected chi connectivity index (χ1v) is 4.55. The summed E-state index contributed by atoms with van der Waals surface area (Å²) in [5.41, 5.74) is 1.03. The van der Waals surface area contributed by atoms with E-state index in [2.05, 4.69) is 10.4 Å². The minimum absolute atomic E-state index is 0.231. The Bertz CT molecular complexity index is 359. The van der Waals surface area contributed by atoms with E-state index in [0.29, 0.717) is 6.54 Å². The Kier molecular flexibility index (Phi) is 3.84. The van der Waals surface area contributed by atoms with Crippen LogP contribution in [-0.2, 0) is 16.1 Å². The minimum atomic E-state index is -1.04. The molecule has 2 N–H and O–H groups in total. The van der Waals surface area contributed by atoms with Gasteiger partial charge in [-0.25, -0.2) is 0 Å². The highest BCUT2D eigenvalue weighted by Crippen LogP contribution is 1.95. The summed E-state index contributed by atoms with van der Waals surface area (Å²) in [4.78, 5) is 21.3. The zero-order valence-corrected chi connectivity index (χ0v) is 8.43. The molecule has 0 aliphatic heterocycles. The fraction of sp³-hybridized carbons (Fsp3) is 0.444. The highest BCUT2D eigenvalue weighted by Gasteiger charge is 2.04. The third-order valence-corrected chi connectivity index (χ3v) is 1.77. The molecular formula is C9H13N3O3. The Balaban J connectivity index is 2.25. The van der Waals surface area contributed by atoms with Crippen LogP contribution in [0.3, 0.4) is 0 Å². The number of hydrogen-bond acceptors (Lipinski definition) is 3. The molecule has 0 saturated heterocycles. The Hall–Kier alpha value is -1.85. The van der Waals surface area contributed by atoms with E-state index < -0.39 is 5.97 Å². The van der Waals surface area contributed by atoms with Crippen molar-refractivity contribution >= 4 is 11.9 Å². The first-order chi connectivity index (χ1) is 7.08. The van der Waals surface area contributed by atoms with E-state index in [0.717, 1.165) is 5.56 Å². The number of rotatable bonds is 5. The highest BCUT2D eigenvalue weighted by molar-refractivity contribution is 5.80. The Morgan fingerprint density at radius 3 is 2.87 bits per heavy atom. The molecule has 0 fully saturated rings. The maximum absolute atomic E-state index is 11.1. The SMILES string of the molecule is Cc1cnn(CCC(=O)NCC(=O)O)c1. The number of carboxylic acids is 1. The van der Waals surface area contributed by atoms with Crippen molar-refractivity contribution in [3.05, 3.63) is 18.0 Å². The number of aryl methyl sites for hydroxylation is 2. The number of hydrogen-bond donors (Lipinski definition) is 2. The average Bonchev–Trinajstić information content (AvgIpc) is 2.58. The summed E-state index contributed by atoms with van der Waals surface area (Å²) in [5, 5.41) is 14.6. The van der Waals surface area contributed by atoms with Crippen molar-refractivity contribution in [2.24, 2.45) is 0 Å². The summed E-state index contributed by atoms with van der Waals surface area (Å²) in [6.45, 7) is 2.03. The lowest BCUT2D eigenvalue weighted by molar-refractivity contribution is -0.138. The Labute approximate surface area is 86.9 Å². The van der Waals surface area contributed by atoms with Crippen LogP contribution in [0, 0.1) is 6.92 Å². The molecule has 0 spiro atoms. The van der Waals surface area contributed by atoms with Crippen molar-refractivity contribution in [2.45, 2.75) is 19.9 Å². The molecule has 0 aromatic carbocycles. The van der Waals surface area contributed by atoms with E-state index in [9.17, 15) is 9.59 Å². The molecule has 6 nitrogen and oxygen atoms in total. The second kappa shape index (κ2) is 5.14. The average molecular weight is 211 g/mol. The monoisotopic (exact) mass is 211 g/mol. The molecule has 0 aliphatic rings. The van der Waals surface area contributed by atoms with E-state index in [1.165, 1.54) is 0 Å². The number of aliphatic carboxylic acids is 1. The summed E-state index contributed by atoms with van der Waals surface area (Å²) < 4.78 is 1.65. The van der Waals surface area contributed by atoms with Crippen molar-refractivity contribution in [1.82, 2.24) is 15.1 Å². The number of carbonyl (C=O) groups excluding carboxylic acids is 1. The van der Waals surface area contributed by atoms with E-state index in [1.54, 1.807) is 10.9 Å². The molecule has 1 aromatic rings. The first-order valence-electron chi connectivity index (χ1n) is 4.55. The van der Waals surface area contributed by atoms with Gasteiger partial charge in [0.15, 0.2) is 0 Å². The first kappa shape index (κ1) is 11.2. The Morgan fingerprint density at radius 2 is 2.33 bits per heavy atom. The van der Waals surface area contributed by atoms with Crippen molar-refractivity contribution in [3.8, 4) is 0 Å². The van der Waals surface area contributed by atoms with Crippen LogP contribution in [-0.4, -0.2) is 33.3 Å². The third-order valence-electron chi connectivity index (χ3n) is 1.77. The van der Waals surface area contributed by atoms with Crippen LogP contribution in [0.2, 0.25) is 0 Å². The summed E-state index contributed by atoms with van der Waals surface area (Å²) >= 11 is 0. The third kappa shape index (κ3) is 4.26. The van der Waals surface area contributed by atoms with Gasteiger partial charge in [-0.05, 0) is 12.5 Å². The van der Waals surface area contributed by atoms with Crippen LogP contribution >= 0.6 is 0 Å². The summed E-state index contributed by atoms with van der Waals surface area (Å²) in [5.74, 6) is -1.33. The van der Waals surface area contributed by atoms with E-state index >= 15 is 0 Å². The standard InChI is InChI=1S/C9H13N3O3/c1-7-4-11-12(6-7)3-2-8(13)10-5-9(14)15/h4,6H,2-3,5H2,1H3,(H,10,13)(H,14,15). The zero-order valence-electron chi connectivity index (χ0n) is 8.43. The number of carboxylic acid groups (broad SMARTS) is 1. The van der Waals surface area contributed by atoms with Crippen molar-refractivity contribution in [1.29, 1.82) is 0 Å². The minimum Gasteiger partial charge on any atom is -0.480 e. The lowest BCUT2D eigenvalue weighted by Gasteiger charge is -2.02. The molecule has 0 radical (unpaired) electrons. The molecule has 0 aliphatic carbocycles. The molecule has 82 valence electrons. The van der Waals surface area contributed by atoms with Gasteiger partial charge in [-0.3, -0.25) is 14.3 Å². The van der Waals surface area contributed by atoms with Crippen molar-refractivity contribution in [2.75, 3.05) is 6.54 Å². The molecule has 1 rings (SSSR count). The van der Waals surface area contributed by atoms with Crippen molar-refractivity contribution in [3.63, 3.8) is 0 Å². The number of nitrogens with one attached hydrogen (secondary N) is 1. The van der Waals surface area contributed by atoms with Gasteiger partial charge in [-0.1, -0.05) is 0 Å². The molecule has 0 saturated carbocycles. The second-order valence-electron chi connectivity index (χ2n) is 3.20. The van der Waals surface area contributed by atoms with Gasteiger partial charge < -0.3 is 10.4 Å². The molecule has 0 atom stereocenters.